The van der Waals surface area contributed by atoms with Crippen molar-refractivity contribution >= 4 is 5.97 Å². The number of carbonyl (C=O) groups excluding carboxylic acids is 1. The predicted molar refractivity (Wildman–Crippen MR) is 31.4 cm³/mol. The van der Waals surface area contributed by atoms with Crippen molar-refractivity contribution in [2.75, 3.05) is 0 Å². The van der Waals surface area contributed by atoms with E-state index in [2.05, 4.69) is 11.3 Å². The van der Waals surface area contributed by atoms with Crippen LogP contribution >= 0.6 is 0 Å². The predicted octanol–water partition coefficient (Wildman–Crippen LogP) is 1.12. The van der Waals surface area contributed by atoms with E-state index in [-0.39, 0.29) is 44.8 Å². The van der Waals surface area contributed by atoms with Crippen LogP contribution in [0.5, 0.6) is 0 Å². The van der Waals surface area contributed by atoms with E-state index >= 15 is 0 Å². The standard InChI is InChI=1S/C6H10O2.Y/c1-4-6(7)8-5(2)3;/h4-5H,1H2,2-3H3;. The number of ether oxygens (including phenoxy) is 1. The van der Waals surface area contributed by atoms with Gasteiger partial charge in [-0.1, -0.05) is 6.58 Å². The SMILES string of the molecule is C=CC(=O)OC(C)C.[Y]. The van der Waals surface area contributed by atoms with Crippen LogP contribution in [-0.2, 0) is 42.2 Å². The van der Waals surface area contributed by atoms with E-state index in [1.807, 2.05) is 0 Å². The molecule has 0 aromatic rings. The maximum atomic E-state index is 10.3. The van der Waals surface area contributed by atoms with E-state index in [1.54, 1.807) is 13.8 Å². The van der Waals surface area contributed by atoms with Crippen molar-refractivity contribution in [1.29, 1.82) is 0 Å². The van der Waals surface area contributed by atoms with Gasteiger partial charge in [-0.25, -0.2) is 4.79 Å². The largest absolute Gasteiger partial charge is 0.460 e. The summed E-state index contributed by atoms with van der Waals surface area (Å²) in [5, 5.41) is 0. The van der Waals surface area contributed by atoms with Crippen LogP contribution in [0.3, 0.4) is 0 Å². The molecule has 0 rings (SSSR count). The van der Waals surface area contributed by atoms with E-state index < -0.39 is 0 Å². The Morgan fingerprint density at radius 3 is 2.22 bits per heavy atom. The van der Waals surface area contributed by atoms with Crippen molar-refractivity contribution in [3.8, 4) is 0 Å². The quantitative estimate of drug-likeness (QED) is 0.496. The molecule has 0 bridgehead atoms. The Morgan fingerprint density at radius 1 is 1.67 bits per heavy atom. The van der Waals surface area contributed by atoms with Gasteiger partial charge in [0.15, 0.2) is 0 Å². The van der Waals surface area contributed by atoms with Gasteiger partial charge in [0, 0.05) is 38.8 Å². The fourth-order valence-electron chi connectivity index (χ4n) is 0.280. The third kappa shape index (κ3) is 8.31. The van der Waals surface area contributed by atoms with Crippen molar-refractivity contribution < 1.29 is 42.2 Å². The molecule has 0 aromatic heterocycles. The van der Waals surface area contributed by atoms with Crippen molar-refractivity contribution in [1.82, 2.24) is 0 Å². The molecule has 0 saturated carbocycles. The maximum absolute atomic E-state index is 10.3. The third-order valence-corrected chi connectivity index (χ3v) is 0.519. The van der Waals surface area contributed by atoms with Gasteiger partial charge in [0.1, 0.15) is 0 Å². The van der Waals surface area contributed by atoms with Gasteiger partial charge in [0.25, 0.3) is 0 Å². The zero-order valence-electron chi connectivity index (χ0n) is 5.76. The maximum Gasteiger partial charge on any atom is 0.330 e. The molecule has 1 radical (unpaired) electrons. The number of rotatable bonds is 2. The Bertz CT molecular complexity index is 99.2. The summed E-state index contributed by atoms with van der Waals surface area (Å²) < 4.78 is 4.64. The number of carbonyl (C=O) groups is 1. The fraction of sp³-hybridized carbons (Fsp3) is 0.500. The summed E-state index contributed by atoms with van der Waals surface area (Å²) in [6.45, 7) is 6.83. The fourth-order valence-corrected chi connectivity index (χ4v) is 0.280. The molecule has 0 saturated heterocycles. The Balaban J connectivity index is 0. The Kier molecular flexibility index (Phi) is 8.60. The molecule has 0 aliphatic heterocycles. The van der Waals surface area contributed by atoms with Crippen LogP contribution in [0.15, 0.2) is 12.7 Å². The van der Waals surface area contributed by atoms with Crippen molar-refractivity contribution in [2.45, 2.75) is 20.0 Å². The molecule has 0 spiro atoms. The van der Waals surface area contributed by atoms with Crippen LogP contribution in [0.1, 0.15) is 13.8 Å². The minimum atomic E-state index is -0.361. The molecule has 9 heavy (non-hydrogen) atoms. The molecule has 0 fully saturated rings. The summed E-state index contributed by atoms with van der Waals surface area (Å²) in [5.41, 5.74) is 0. The summed E-state index contributed by atoms with van der Waals surface area (Å²) in [7, 11) is 0. The zero-order chi connectivity index (χ0) is 6.57. The molecular weight excluding hydrogens is 193 g/mol. The van der Waals surface area contributed by atoms with Crippen LogP contribution in [0.25, 0.3) is 0 Å². The smallest absolute Gasteiger partial charge is 0.330 e. The topological polar surface area (TPSA) is 26.3 Å². The molecule has 0 atom stereocenters. The molecule has 3 heteroatoms. The Labute approximate surface area is 80.5 Å². The molecular formula is C6H10O2Y. The molecule has 0 unspecified atom stereocenters. The van der Waals surface area contributed by atoms with E-state index in [0.717, 1.165) is 6.08 Å². The number of esters is 1. The first-order chi connectivity index (χ1) is 3.66. The second-order valence-electron chi connectivity index (χ2n) is 1.69. The molecule has 0 heterocycles. The average molecular weight is 203 g/mol. The molecule has 0 amide bonds. The third-order valence-electron chi connectivity index (χ3n) is 0.519. The van der Waals surface area contributed by atoms with E-state index in [0.29, 0.717) is 0 Å². The second kappa shape index (κ2) is 6.43. The summed E-state index contributed by atoms with van der Waals surface area (Å²) in [6.07, 6.45) is 1.11. The second-order valence-corrected chi connectivity index (χ2v) is 1.69. The molecule has 0 N–H and O–H groups in total. The number of hydrogen-bond acceptors (Lipinski definition) is 2. The first-order valence-electron chi connectivity index (χ1n) is 2.50. The van der Waals surface area contributed by atoms with E-state index in [9.17, 15) is 4.79 Å². The van der Waals surface area contributed by atoms with E-state index in [4.69, 9.17) is 0 Å². The summed E-state index contributed by atoms with van der Waals surface area (Å²) in [5.74, 6) is -0.361. The minimum Gasteiger partial charge on any atom is -0.460 e. The molecule has 49 valence electrons. The van der Waals surface area contributed by atoms with E-state index in [1.165, 1.54) is 0 Å². The van der Waals surface area contributed by atoms with Crippen LogP contribution in [0.2, 0.25) is 0 Å². The van der Waals surface area contributed by atoms with Gasteiger partial charge in [-0.15, -0.1) is 0 Å². The van der Waals surface area contributed by atoms with Crippen molar-refractivity contribution in [3.63, 3.8) is 0 Å². The van der Waals surface area contributed by atoms with Crippen LogP contribution < -0.4 is 0 Å². The van der Waals surface area contributed by atoms with Gasteiger partial charge in [0.05, 0.1) is 6.10 Å². The van der Waals surface area contributed by atoms with Gasteiger partial charge < -0.3 is 4.74 Å². The monoisotopic (exact) mass is 203 g/mol. The van der Waals surface area contributed by atoms with Crippen LogP contribution in [0.4, 0.5) is 0 Å². The van der Waals surface area contributed by atoms with Gasteiger partial charge in [-0.2, -0.15) is 0 Å². The molecule has 0 aliphatic carbocycles. The first-order valence-corrected chi connectivity index (χ1v) is 2.50. The van der Waals surface area contributed by atoms with Crippen molar-refractivity contribution in [2.24, 2.45) is 0 Å². The van der Waals surface area contributed by atoms with Gasteiger partial charge in [0.2, 0.25) is 0 Å². The molecule has 0 aromatic carbocycles. The van der Waals surface area contributed by atoms with Gasteiger partial charge in [-0.3, -0.25) is 0 Å². The van der Waals surface area contributed by atoms with Crippen LogP contribution in [0, 0.1) is 0 Å². The Hall–Kier alpha value is 0.314. The zero-order valence-corrected chi connectivity index (χ0v) is 8.59. The normalized spacial score (nSPS) is 7.89. The summed E-state index contributed by atoms with van der Waals surface area (Å²) >= 11 is 0. The van der Waals surface area contributed by atoms with Gasteiger partial charge in [-0.05, 0) is 13.8 Å². The molecule has 2 nitrogen and oxygen atoms in total. The average Bonchev–Trinajstić information content (AvgIpc) is 1.65. The van der Waals surface area contributed by atoms with Gasteiger partial charge >= 0.3 is 5.97 Å². The summed E-state index contributed by atoms with van der Waals surface area (Å²) in [6, 6.07) is 0. The summed E-state index contributed by atoms with van der Waals surface area (Å²) in [4.78, 5) is 10.3. The van der Waals surface area contributed by atoms with Crippen LogP contribution in [-0.4, -0.2) is 12.1 Å². The van der Waals surface area contributed by atoms with Crippen molar-refractivity contribution in [3.05, 3.63) is 12.7 Å². The number of hydrogen-bond donors (Lipinski definition) is 0. The molecule has 0 aliphatic rings. The Morgan fingerprint density at radius 2 is 2.11 bits per heavy atom. The first kappa shape index (κ1) is 12.0. The minimum absolute atomic E-state index is 0.